The number of hydrogen-bond acceptors (Lipinski definition) is 2. The maximum absolute atomic E-state index is 13.2. The van der Waals surface area contributed by atoms with Crippen LogP contribution >= 0.6 is 11.6 Å². The number of carbonyl (C=O) groups is 1. The molecule has 0 unspecified atom stereocenters. The van der Waals surface area contributed by atoms with Gasteiger partial charge in [0.25, 0.3) is 5.91 Å². The zero-order valence-electron chi connectivity index (χ0n) is 14.0. The van der Waals surface area contributed by atoms with Crippen molar-refractivity contribution in [2.24, 2.45) is 0 Å². The molecular weight excluding hydrogens is 353 g/mol. The van der Waals surface area contributed by atoms with Crippen molar-refractivity contribution in [2.75, 3.05) is 0 Å². The lowest BCUT2D eigenvalue weighted by molar-refractivity contribution is 0.0944. The molecule has 0 bridgehead atoms. The van der Waals surface area contributed by atoms with Crippen molar-refractivity contribution in [3.63, 3.8) is 0 Å². The van der Waals surface area contributed by atoms with Gasteiger partial charge in [0, 0.05) is 22.8 Å². The summed E-state index contributed by atoms with van der Waals surface area (Å²) in [5, 5.41) is 8.07. The molecule has 1 amide bonds. The highest BCUT2D eigenvalue weighted by Gasteiger charge is 2.26. The van der Waals surface area contributed by atoms with E-state index in [0.29, 0.717) is 17.3 Å². The summed E-state index contributed by atoms with van der Waals surface area (Å²) < 4.78 is 15.0. The first-order chi connectivity index (χ1) is 12.6. The molecule has 1 heterocycles. The molecule has 26 heavy (non-hydrogen) atoms. The molecule has 4 rings (SSSR count). The van der Waals surface area contributed by atoms with E-state index < -0.39 is 0 Å². The molecule has 1 aliphatic rings. The molecule has 0 saturated carbocycles. The van der Waals surface area contributed by atoms with Crippen molar-refractivity contribution in [1.29, 1.82) is 0 Å². The van der Waals surface area contributed by atoms with Gasteiger partial charge in [-0.1, -0.05) is 23.7 Å². The zero-order chi connectivity index (χ0) is 18.1. The average Bonchev–Trinajstić information content (AvgIpc) is 3.23. The molecule has 0 aliphatic heterocycles. The monoisotopic (exact) mass is 369 g/mol. The lowest BCUT2D eigenvalue weighted by Crippen LogP contribution is -2.24. The maximum atomic E-state index is 13.2. The first-order valence-electron chi connectivity index (χ1n) is 8.51. The molecule has 1 aliphatic carbocycles. The van der Waals surface area contributed by atoms with Crippen LogP contribution in [0.1, 0.15) is 33.7 Å². The van der Waals surface area contributed by atoms with E-state index in [2.05, 4.69) is 10.4 Å². The number of hydrogen-bond donors (Lipinski definition) is 1. The van der Waals surface area contributed by atoms with E-state index >= 15 is 0 Å². The predicted molar refractivity (Wildman–Crippen MR) is 98.2 cm³/mol. The van der Waals surface area contributed by atoms with Crippen LogP contribution < -0.4 is 5.32 Å². The summed E-state index contributed by atoms with van der Waals surface area (Å²) >= 11 is 5.98. The van der Waals surface area contributed by atoms with Gasteiger partial charge in [0.2, 0.25) is 0 Å². The molecule has 4 nitrogen and oxygen atoms in total. The Morgan fingerprint density at radius 2 is 2.00 bits per heavy atom. The lowest BCUT2D eigenvalue weighted by Gasteiger charge is -2.06. The Balaban J connectivity index is 1.59. The fraction of sp³-hybridized carbons (Fsp3) is 0.200. The van der Waals surface area contributed by atoms with Gasteiger partial charge in [-0.3, -0.25) is 4.79 Å². The number of carbonyl (C=O) groups excluding carboxylic acids is 1. The molecule has 0 fully saturated rings. The van der Waals surface area contributed by atoms with Crippen LogP contribution in [0, 0.1) is 5.82 Å². The topological polar surface area (TPSA) is 46.9 Å². The van der Waals surface area contributed by atoms with Crippen LogP contribution in [0.25, 0.3) is 5.69 Å². The van der Waals surface area contributed by atoms with Crippen molar-refractivity contribution < 1.29 is 9.18 Å². The number of aromatic nitrogens is 2. The minimum absolute atomic E-state index is 0.205. The second kappa shape index (κ2) is 6.92. The first-order valence-corrected chi connectivity index (χ1v) is 8.89. The van der Waals surface area contributed by atoms with Gasteiger partial charge < -0.3 is 5.32 Å². The Hall–Kier alpha value is -2.66. The van der Waals surface area contributed by atoms with E-state index in [9.17, 15) is 9.18 Å². The van der Waals surface area contributed by atoms with Crippen LogP contribution in [-0.4, -0.2) is 15.7 Å². The summed E-state index contributed by atoms with van der Waals surface area (Å²) in [7, 11) is 0. The van der Waals surface area contributed by atoms with Gasteiger partial charge in [0.05, 0.1) is 5.69 Å². The second-order valence-electron chi connectivity index (χ2n) is 6.33. The molecule has 0 radical (unpaired) electrons. The van der Waals surface area contributed by atoms with Crippen molar-refractivity contribution in [2.45, 2.75) is 25.8 Å². The maximum Gasteiger partial charge on any atom is 0.272 e. The number of rotatable bonds is 4. The number of amides is 1. The molecule has 132 valence electrons. The smallest absolute Gasteiger partial charge is 0.272 e. The van der Waals surface area contributed by atoms with Crippen LogP contribution in [-0.2, 0) is 19.4 Å². The van der Waals surface area contributed by atoms with E-state index in [1.54, 1.807) is 22.9 Å². The minimum Gasteiger partial charge on any atom is -0.347 e. The molecule has 6 heteroatoms. The number of fused-ring (bicyclic) bond motifs is 1. The zero-order valence-corrected chi connectivity index (χ0v) is 14.8. The quantitative estimate of drug-likeness (QED) is 0.753. The number of benzene rings is 2. The summed E-state index contributed by atoms with van der Waals surface area (Å²) in [6.45, 7) is 0.386. The number of nitrogens with zero attached hydrogens (tertiary/aromatic N) is 2. The fourth-order valence-corrected chi connectivity index (χ4v) is 3.54. The summed E-state index contributed by atoms with van der Waals surface area (Å²) in [6.07, 6.45) is 2.68. The van der Waals surface area contributed by atoms with E-state index in [0.717, 1.165) is 41.8 Å². The van der Waals surface area contributed by atoms with Crippen LogP contribution in [0.4, 0.5) is 4.39 Å². The highest BCUT2D eigenvalue weighted by molar-refractivity contribution is 6.30. The molecule has 1 N–H and O–H groups in total. The highest BCUT2D eigenvalue weighted by Crippen LogP contribution is 2.28. The van der Waals surface area contributed by atoms with Crippen molar-refractivity contribution in [3.8, 4) is 5.69 Å². The van der Waals surface area contributed by atoms with Gasteiger partial charge in [-0.15, -0.1) is 0 Å². The lowest BCUT2D eigenvalue weighted by atomic mass is 10.2. The highest BCUT2D eigenvalue weighted by atomic mass is 35.5. The van der Waals surface area contributed by atoms with Gasteiger partial charge in [-0.2, -0.15) is 5.10 Å². The van der Waals surface area contributed by atoms with E-state index in [1.807, 2.05) is 18.2 Å². The Bertz CT molecular complexity index is 966. The number of halogens is 2. The molecule has 2 aromatic carbocycles. The largest absolute Gasteiger partial charge is 0.347 e. The van der Waals surface area contributed by atoms with Gasteiger partial charge in [0.1, 0.15) is 5.82 Å². The fourth-order valence-electron chi connectivity index (χ4n) is 3.33. The molecular formula is C20H17ClFN3O. The van der Waals surface area contributed by atoms with E-state index in [4.69, 9.17) is 11.6 Å². The van der Waals surface area contributed by atoms with Gasteiger partial charge in [0.15, 0.2) is 5.69 Å². The van der Waals surface area contributed by atoms with Gasteiger partial charge >= 0.3 is 0 Å². The first kappa shape index (κ1) is 16.8. The second-order valence-corrected chi connectivity index (χ2v) is 6.76. The Kier molecular flexibility index (Phi) is 4.47. The predicted octanol–water partition coefficient (Wildman–Crippen LogP) is 4.08. The normalized spacial score (nSPS) is 12.8. The Labute approximate surface area is 155 Å². The Morgan fingerprint density at radius 1 is 1.19 bits per heavy atom. The molecule has 0 atom stereocenters. The number of nitrogens with one attached hydrogen (secondary N) is 1. The van der Waals surface area contributed by atoms with E-state index in [-0.39, 0.29) is 11.7 Å². The third kappa shape index (κ3) is 3.22. The molecule has 1 aromatic heterocycles. The van der Waals surface area contributed by atoms with Crippen molar-refractivity contribution in [3.05, 3.63) is 81.9 Å². The standard InChI is InChI=1S/C20H17ClFN3O/c21-14-4-1-3-13(11-14)12-23-20(26)19-17-5-2-6-18(17)25(24-19)16-9-7-15(22)8-10-16/h1,3-4,7-11H,2,5-6,12H2,(H,23,26). The SMILES string of the molecule is O=C(NCc1cccc(Cl)c1)c1nn(-c2ccc(F)cc2)c2c1CCC2. The summed E-state index contributed by atoms with van der Waals surface area (Å²) in [6, 6.07) is 13.5. The summed E-state index contributed by atoms with van der Waals surface area (Å²) in [4.78, 5) is 12.7. The summed E-state index contributed by atoms with van der Waals surface area (Å²) in [5.74, 6) is -0.499. The molecule has 3 aromatic rings. The molecule has 0 saturated heterocycles. The van der Waals surface area contributed by atoms with E-state index in [1.165, 1.54) is 12.1 Å². The van der Waals surface area contributed by atoms with Gasteiger partial charge in [-0.05, 0) is 61.2 Å². The van der Waals surface area contributed by atoms with Crippen LogP contribution in [0.3, 0.4) is 0 Å². The van der Waals surface area contributed by atoms with Crippen molar-refractivity contribution >= 4 is 17.5 Å². The third-order valence-corrected chi connectivity index (χ3v) is 4.79. The van der Waals surface area contributed by atoms with Crippen LogP contribution in [0.15, 0.2) is 48.5 Å². The average molecular weight is 370 g/mol. The summed E-state index contributed by atoms with van der Waals surface area (Å²) in [5.41, 5.74) is 4.16. The van der Waals surface area contributed by atoms with Crippen LogP contribution in [0.2, 0.25) is 5.02 Å². The van der Waals surface area contributed by atoms with Gasteiger partial charge in [-0.25, -0.2) is 9.07 Å². The minimum atomic E-state index is -0.294. The molecule has 0 spiro atoms. The van der Waals surface area contributed by atoms with Crippen LogP contribution in [0.5, 0.6) is 0 Å². The van der Waals surface area contributed by atoms with Crippen molar-refractivity contribution in [1.82, 2.24) is 15.1 Å². The Morgan fingerprint density at radius 3 is 2.77 bits per heavy atom. The third-order valence-electron chi connectivity index (χ3n) is 4.56.